The lowest BCUT2D eigenvalue weighted by Crippen LogP contribution is -2.33. The van der Waals surface area contributed by atoms with Crippen molar-refractivity contribution in [3.8, 4) is 0 Å². The number of nitrogens with one attached hydrogen (secondary N) is 2. The van der Waals surface area contributed by atoms with E-state index in [0.29, 0.717) is 12.5 Å². The molecule has 110 valence electrons. The Kier molecular flexibility index (Phi) is 5.30. The average molecular weight is 315 g/mol. The van der Waals surface area contributed by atoms with Gasteiger partial charge in [0, 0.05) is 17.5 Å². The molecule has 0 saturated carbocycles. The van der Waals surface area contributed by atoms with Crippen molar-refractivity contribution in [2.75, 3.05) is 6.54 Å². The summed E-state index contributed by atoms with van der Waals surface area (Å²) in [5.74, 6) is 0.150. The van der Waals surface area contributed by atoms with Crippen molar-refractivity contribution in [1.29, 1.82) is 0 Å². The fourth-order valence-corrected chi connectivity index (χ4v) is 3.44. The number of fused-ring (bicyclic) bond motifs is 1. The number of halogens is 2. The summed E-state index contributed by atoms with van der Waals surface area (Å²) in [6.45, 7) is 1.04. The number of carbonyl (C=O) groups is 1. The second-order valence-electron chi connectivity index (χ2n) is 5.46. The average Bonchev–Trinajstić information content (AvgIpc) is 3.01. The Morgan fingerprint density at radius 1 is 1.40 bits per heavy atom. The molecule has 2 aliphatic rings. The van der Waals surface area contributed by atoms with Crippen LogP contribution >= 0.6 is 24.0 Å². The standard InChI is InChI=1S/C15H19ClN2O.ClH/c16-13-5-1-4-12-11(13)6-7-14(12)18-15(19)9-10-3-2-8-17-10;/h1,4-5,10,14,17H,2-3,6-9H2,(H,18,19);1H. The molecule has 1 fully saturated rings. The van der Waals surface area contributed by atoms with Gasteiger partial charge in [0.1, 0.15) is 0 Å². The molecule has 1 aromatic carbocycles. The Hall–Kier alpha value is -0.770. The minimum atomic E-state index is 0. The van der Waals surface area contributed by atoms with Crippen molar-refractivity contribution in [2.45, 2.75) is 44.2 Å². The third-order valence-electron chi connectivity index (χ3n) is 4.14. The van der Waals surface area contributed by atoms with Crippen LogP contribution in [0.2, 0.25) is 5.02 Å². The van der Waals surface area contributed by atoms with E-state index in [9.17, 15) is 4.79 Å². The van der Waals surface area contributed by atoms with E-state index in [4.69, 9.17) is 11.6 Å². The Balaban J connectivity index is 0.00000147. The molecule has 1 aliphatic carbocycles. The van der Waals surface area contributed by atoms with E-state index in [-0.39, 0.29) is 24.4 Å². The predicted molar refractivity (Wildman–Crippen MR) is 83.5 cm³/mol. The Bertz CT molecular complexity index is 487. The van der Waals surface area contributed by atoms with Gasteiger partial charge in [-0.3, -0.25) is 4.79 Å². The van der Waals surface area contributed by atoms with Crippen molar-refractivity contribution in [1.82, 2.24) is 10.6 Å². The lowest BCUT2D eigenvalue weighted by Gasteiger charge is -2.16. The molecule has 3 rings (SSSR count). The van der Waals surface area contributed by atoms with Crippen molar-refractivity contribution in [3.63, 3.8) is 0 Å². The topological polar surface area (TPSA) is 41.1 Å². The number of hydrogen-bond acceptors (Lipinski definition) is 2. The largest absolute Gasteiger partial charge is 0.349 e. The molecular formula is C15H20Cl2N2O. The SMILES string of the molecule is Cl.O=C(CC1CCCN1)NC1CCc2c(Cl)cccc21. The Labute approximate surface area is 130 Å². The lowest BCUT2D eigenvalue weighted by atomic mass is 10.1. The molecule has 0 bridgehead atoms. The zero-order chi connectivity index (χ0) is 13.2. The van der Waals surface area contributed by atoms with Crippen LogP contribution in [0.1, 0.15) is 42.9 Å². The van der Waals surface area contributed by atoms with Crippen LogP contribution in [0.4, 0.5) is 0 Å². The maximum atomic E-state index is 12.1. The molecule has 1 heterocycles. The van der Waals surface area contributed by atoms with Crippen LogP contribution in [0.15, 0.2) is 18.2 Å². The summed E-state index contributed by atoms with van der Waals surface area (Å²) < 4.78 is 0. The van der Waals surface area contributed by atoms with E-state index < -0.39 is 0 Å². The highest BCUT2D eigenvalue weighted by molar-refractivity contribution is 6.31. The molecule has 1 aliphatic heterocycles. The van der Waals surface area contributed by atoms with E-state index in [1.807, 2.05) is 12.1 Å². The molecule has 2 N–H and O–H groups in total. The molecule has 1 aromatic rings. The van der Waals surface area contributed by atoms with Crippen LogP contribution in [-0.2, 0) is 11.2 Å². The van der Waals surface area contributed by atoms with Crippen molar-refractivity contribution >= 4 is 29.9 Å². The third-order valence-corrected chi connectivity index (χ3v) is 4.50. The summed E-state index contributed by atoms with van der Waals surface area (Å²) in [6, 6.07) is 6.47. The first-order chi connectivity index (χ1) is 9.24. The maximum absolute atomic E-state index is 12.1. The predicted octanol–water partition coefficient (Wildman–Crippen LogP) is 3.01. The van der Waals surface area contributed by atoms with Crippen LogP contribution in [0.3, 0.4) is 0 Å². The van der Waals surface area contributed by atoms with Gasteiger partial charge in [-0.05, 0) is 49.4 Å². The van der Waals surface area contributed by atoms with Crippen LogP contribution < -0.4 is 10.6 Å². The summed E-state index contributed by atoms with van der Waals surface area (Å²) in [5, 5.41) is 7.34. The number of rotatable bonds is 3. The Morgan fingerprint density at radius 3 is 3.00 bits per heavy atom. The quantitative estimate of drug-likeness (QED) is 0.900. The fourth-order valence-electron chi connectivity index (χ4n) is 3.17. The van der Waals surface area contributed by atoms with Gasteiger partial charge in [-0.2, -0.15) is 0 Å². The first-order valence-electron chi connectivity index (χ1n) is 7.04. The zero-order valence-electron chi connectivity index (χ0n) is 11.3. The number of carbonyl (C=O) groups excluding carboxylic acids is 1. The first-order valence-corrected chi connectivity index (χ1v) is 7.42. The molecule has 2 unspecified atom stereocenters. The van der Waals surface area contributed by atoms with Gasteiger partial charge in [0.2, 0.25) is 5.91 Å². The second-order valence-corrected chi connectivity index (χ2v) is 5.87. The fraction of sp³-hybridized carbons (Fsp3) is 0.533. The summed E-state index contributed by atoms with van der Waals surface area (Å²) in [7, 11) is 0. The maximum Gasteiger partial charge on any atom is 0.222 e. The molecule has 3 nitrogen and oxygen atoms in total. The number of benzene rings is 1. The van der Waals surface area contributed by atoms with Gasteiger partial charge in [0.25, 0.3) is 0 Å². The van der Waals surface area contributed by atoms with Crippen molar-refractivity contribution in [2.24, 2.45) is 0 Å². The highest BCUT2D eigenvalue weighted by Gasteiger charge is 2.26. The summed E-state index contributed by atoms with van der Waals surface area (Å²) in [6.07, 6.45) is 4.80. The zero-order valence-corrected chi connectivity index (χ0v) is 12.9. The van der Waals surface area contributed by atoms with Crippen LogP contribution in [0.5, 0.6) is 0 Å². The van der Waals surface area contributed by atoms with E-state index in [0.717, 1.165) is 30.8 Å². The van der Waals surface area contributed by atoms with Crippen LogP contribution in [0.25, 0.3) is 0 Å². The van der Waals surface area contributed by atoms with Gasteiger partial charge in [-0.25, -0.2) is 0 Å². The van der Waals surface area contributed by atoms with E-state index >= 15 is 0 Å². The molecule has 20 heavy (non-hydrogen) atoms. The van der Waals surface area contributed by atoms with Gasteiger partial charge < -0.3 is 10.6 Å². The molecule has 1 amide bonds. The molecule has 0 radical (unpaired) electrons. The number of hydrogen-bond donors (Lipinski definition) is 2. The van der Waals surface area contributed by atoms with Crippen molar-refractivity contribution in [3.05, 3.63) is 34.3 Å². The summed E-state index contributed by atoms with van der Waals surface area (Å²) in [4.78, 5) is 12.1. The second kappa shape index (κ2) is 6.79. The highest BCUT2D eigenvalue weighted by atomic mass is 35.5. The summed E-state index contributed by atoms with van der Waals surface area (Å²) in [5.41, 5.74) is 2.40. The smallest absolute Gasteiger partial charge is 0.222 e. The van der Waals surface area contributed by atoms with Crippen molar-refractivity contribution < 1.29 is 4.79 Å². The van der Waals surface area contributed by atoms with Gasteiger partial charge in [0.15, 0.2) is 0 Å². The van der Waals surface area contributed by atoms with Crippen LogP contribution in [0, 0.1) is 0 Å². The molecule has 0 spiro atoms. The van der Waals surface area contributed by atoms with E-state index in [1.165, 1.54) is 17.5 Å². The van der Waals surface area contributed by atoms with Gasteiger partial charge in [-0.15, -0.1) is 12.4 Å². The first kappa shape index (κ1) is 15.6. The molecule has 2 atom stereocenters. The highest BCUT2D eigenvalue weighted by Crippen LogP contribution is 2.35. The summed E-state index contributed by atoms with van der Waals surface area (Å²) >= 11 is 6.19. The molecule has 5 heteroatoms. The minimum Gasteiger partial charge on any atom is -0.349 e. The number of amides is 1. The van der Waals surface area contributed by atoms with Gasteiger partial charge in [0.05, 0.1) is 6.04 Å². The normalized spacial score (nSPS) is 24.1. The minimum absolute atomic E-state index is 0. The van der Waals surface area contributed by atoms with E-state index in [1.54, 1.807) is 0 Å². The van der Waals surface area contributed by atoms with Gasteiger partial charge >= 0.3 is 0 Å². The third kappa shape index (κ3) is 3.27. The molecule has 1 saturated heterocycles. The Morgan fingerprint density at radius 2 is 2.25 bits per heavy atom. The lowest BCUT2D eigenvalue weighted by molar-refractivity contribution is -0.122. The van der Waals surface area contributed by atoms with E-state index in [2.05, 4.69) is 16.7 Å². The molecule has 0 aromatic heterocycles. The monoisotopic (exact) mass is 314 g/mol. The molecular weight excluding hydrogens is 295 g/mol. The van der Waals surface area contributed by atoms with Gasteiger partial charge in [-0.1, -0.05) is 23.7 Å². The van der Waals surface area contributed by atoms with Crippen LogP contribution in [-0.4, -0.2) is 18.5 Å².